The zero-order valence-electron chi connectivity index (χ0n) is 13.1. The minimum atomic E-state index is -0.522. The summed E-state index contributed by atoms with van der Waals surface area (Å²) in [6.45, 7) is 1.97. The van der Waals surface area contributed by atoms with Crippen LogP contribution >= 0.6 is 15.9 Å². The van der Waals surface area contributed by atoms with E-state index >= 15 is 0 Å². The fourth-order valence-electron chi connectivity index (χ4n) is 2.40. The lowest BCUT2D eigenvalue weighted by Gasteiger charge is -2.17. The van der Waals surface area contributed by atoms with Crippen LogP contribution in [0.25, 0.3) is 0 Å². The highest BCUT2D eigenvalue weighted by molar-refractivity contribution is 9.10. The van der Waals surface area contributed by atoms with E-state index < -0.39 is 6.04 Å². The summed E-state index contributed by atoms with van der Waals surface area (Å²) in [6.07, 6.45) is 1.97. The normalized spacial score (nSPS) is 11.9. The van der Waals surface area contributed by atoms with Crippen LogP contribution in [-0.4, -0.2) is 26.1 Å². The number of nitrogens with zero attached hydrogens (tertiary/aromatic N) is 4. The van der Waals surface area contributed by atoms with E-state index in [2.05, 4.69) is 36.8 Å². The number of aromatic nitrogens is 4. The number of benzene rings is 2. The molecule has 7 heteroatoms. The molecule has 122 valence electrons. The number of rotatable bonds is 5. The average Bonchev–Trinajstić information content (AvgIpc) is 3.11. The second-order valence-corrected chi connectivity index (χ2v) is 6.30. The first-order valence-corrected chi connectivity index (χ1v) is 8.26. The van der Waals surface area contributed by atoms with E-state index in [1.165, 1.54) is 11.0 Å². The molecule has 0 aliphatic rings. The van der Waals surface area contributed by atoms with Gasteiger partial charge in [-0.2, -0.15) is 0 Å². The molecule has 0 radical (unpaired) electrons. The minimum absolute atomic E-state index is 0.159. The number of tetrazole rings is 1. The molecule has 0 saturated heterocycles. The predicted molar refractivity (Wildman–Crippen MR) is 94.5 cm³/mol. The van der Waals surface area contributed by atoms with Crippen molar-refractivity contribution in [2.24, 2.45) is 0 Å². The number of carbonyl (C=O) groups excluding carboxylic acids is 1. The first kappa shape index (κ1) is 16.3. The second-order valence-electron chi connectivity index (χ2n) is 5.45. The Balaban J connectivity index is 1.82. The summed E-state index contributed by atoms with van der Waals surface area (Å²) in [7, 11) is 0. The summed E-state index contributed by atoms with van der Waals surface area (Å²) in [5.74, 6) is -0.159. The van der Waals surface area contributed by atoms with Gasteiger partial charge in [-0.1, -0.05) is 46.3 Å². The quantitative estimate of drug-likeness (QED) is 0.731. The van der Waals surface area contributed by atoms with Crippen molar-refractivity contribution in [1.82, 2.24) is 20.2 Å². The second kappa shape index (κ2) is 7.35. The van der Waals surface area contributed by atoms with E-state index in [-0.39, 0.29) is 5.91 Å². The Hall–Kier alpha value is -2.54. The molecule has 3 rings (SSSR count). The highest BCUT2D eigenvalue weighted by atomic mass is 79.9. The fourth-order valence-corrected chi connectivity index (χ4v) is 2.65. The Morgan fingerprint density at radius 2 is 2.04 bits per heavy atom. The molecule has 0 saturated carbocycles. The highest BCUT2D eigenvalue weighted by Gasteiger charge is 2.22. The van der Waals surface area contributed by atoms with Crippen LogP contribution in [0, 0.1) is 6.92 Å². The summed E-state index contributed by atoms with van der Waals surface area (Å²) in [5.41, 5.74) is 2.84. The summed E-state index contributed by atoms with van der Waals surface area (Å²) in [4.78, 5) is 12.8. The zero-order valence-corrected chi connectivity index (χ0v) is 14.6. The summed E-state index contributed by atoms with van der Waals surface area (Å²) < 4.78 is 2.48. The number of anilines is 1. The van der Waals surface area contributed by atoms with Crippen LogP contribution in [0.1, 0.15) is 17.2 Å². The molecule has 1 aromatic heterocycles. The highest BCUT2D eigenvalue weighted by Crippen LogP contribution is 2.21. The van der Waals surface area contributed by atoms with E-state index in [0.29, 0.717) is 6.42 Å². The van der Waals surface area contributed by atoms with Gasteiger partial charge in [0, 0.05) is 16.6 Å². The molecule has 2 aromatic carbocycles. The molecule has 1 heterocycles. The van der Waals surface area contributed by atoms with Gasteiger partial charge in [0.05, 0.1) is 0 Å². The number of nitrogens with one attached hydrogen (secondary N) is 1. The molecule has 6 nitrogen and oxygen atoms in total. The average molecular weight is 386 g/mol. The van der Waals surface area contributed by atoms with Crippen LogP contribution in [0.15, 0.2) is 59.3 Å². The van der Waals surface area contributed by atoms with Crippen molar-refractivity contribution >= 4 is 27.5 Å². The molecule has 24 heavy (non-hydrogen) atoms. The van der Waals surface area contributed by atoms with Crippen LogP contribution in [0.3, 0.4) is 0 Å². The lowest BCUT2D eigenvalue weighted by Crippen LogP contribution is -2.28. The lowest BCUT2D eigenvalue weighted by molar-refractivity contribution is -0.119. The molecular formula is C17H16BrN5O. The van der Waals surface area contributed by atoms with Gasteiger partial charge in [-0.05, 0) is 46.7 Å². The standard InChI is InChI=1S/C17H16BrN5O/c1-12-9-14(7-8-15(12)18)20-17(24)16(23-11-19-21-22-23)10-13-5-3-2-4-6-13/h2-9,11,16H,10H2,1H3,(H,20,24)/t16-/m1/s1. The maximum Gasteiger partial charge on any atom is 0.249 e. The Labute approximate surface area is 148 Å². The van der Waals surface area contributed by atoms with Gasteiger partial charge in [0.2, 0.25) is 5.91 Å². The van der Waals surface area contributed by atoms with Gasteiger partial charge in [-0.25, -0.2) is 4.68 Å². The van der Waals surface area contributed by atoms with E-state index in [9.17, 15) is 4.79 Å². The van der Waals surface area contributed by atoms with E-state index in [1.807, 2.05) is 55.5 Å². The van der Waals surface area contributed by atoms with Gasteiger partial charge >= 0.3 is 0 Å². The molecule has 0 aliphatic carbocycles. The van der Waals surface area contributed by atoms with Crippen molar-refractivity contribution in [3.05, 3.63) is 70.5 Å². The third-order valence-corrected chi connectivity index (χ3v) is 4.57. The first-order chi connectivity index (χ1) is 11.6. The summed E-state index contributed by atoms with van der Waals surface area (Å²) in [6, 6.07) is 15.0. The third-order valence-electron chi connectivity index (χ3n) is 3.68. The molecular weight excluding hydrogens is 370 g/mol. The van der Waals surface area contributed by atoms with Crippen molar-refractivity contribution in [1.29, 1.82) is 0 Å². The smallest absolute Gasteiger partial charge is 0.249 e. The molecule has 1 amide bonds. The van der Waals surface area contributed by atoms with Crippen molar-refractivity contribution in [2.45, 2.75) is 19.4 Å². The number of halogens is 1. The number of aryl methyl sites for hydroxylation is 1. The van der Waals surface area contributed by atoms with E-state index in [4.69, 9.17) is 0 Å². The molecule has 3 aromatic rings. The van der Waals surface area contributed by atoms with E-state index in [1.54, 1.807) is 0 Å². The summed E-state index contributed by atoms with van der Waals surface area (Å²) in [5, 5.41) is 14.1. The van der Waals surface area contributed by atoms with Gasteiger partial charge in [-0.15, -0.1) is 5.10 Å². The Morgan fingerprint density at radius 3 is 2.71 bits per heavy atom. The number of carbonyl (C=O) groups is 1. The van der Waals surface area contributed by atoms with Gasteiger partial charge < -0.3 is 5.32 Å². The number of amides is 1. The number of hydrogen-bond donors (Lipinski definition) is 1. The maximum absolute atomic E-state index is 12.8. The van der Waals surface area contributed by atoms with E-state index in [0.717, 1.165) is 21.3 Å². The molecule has 0 fully saturated rings. The Morgan fingerprint density at radius 1 is 1.25 bits per heavy atom. The van der Waals surface area contributed by atoms with Crippen molar-refractivity contribution in [3.63, 3.8) is 0 Å². The predicted octanol–water partition coefficient (Wildman–Crippen LogP) is 3.17. The third kappa shape index (κ3) is 3.86. The molecule has 1 atom stereocenters. The van der Waals surface area contributed by atoms with Crippen molar-refractivity contribution in [3.8, 4) is 0 Å². The largest absolute Gasteiger partial charge is 0.324 e. The molecule has 0 bridgehead atoms. The Bertz CT molecular complexity index is 820. The monoisotopic (exact) mass is 385 g/mol. The van der Waals surface area contributed by atoms with Gasteiger partial charge in [0.15, 0.2) is 0 Å². The van der Waals surface area contributed by atoms with Crippen molar-refractivity contribution in [2.75, 3.05) is 5.32 Å². The summed E-state index contributed by atoms with van der Waals surface area (Å²) >= 11 is 3.46. The van der Waals surface area contributed by atoms with Crippen LogP contribution in [0.5, 0.6) is 0 Å². The van der Waals surface area contributed by atoms with Crippen LogP contribution in [-0.2, 0) is 11.2 Å². The molecule has 0 unspecified atom stereocenters. The first-order valence-electron chi connectivity index (χ1n) is 7.47. The Kier molecular flexibility index (Phi) is 5.00. The zero-order chi connectivity index (χ0) is 16.9. The van der Waals surface area contributed by atoms with Crippen molar-refractivity contribution < 1.29 is 4.79 Å². The SMILES string of the molecule is Cc1cc(NC(=O)[C@@H](Cc2ccccc2)n2cnnn2)ccc1Br. The van der Waals surface area contributed by atoms with Crippen LogP contribution in [0.4, 0.5) is 5.69 Å². The molecule has 0 aliphatic heterocycles. The topological polar surface area (TPSA) is 72.7 Å². The van der Waals surface area contributed by atoms with Crippen LogP contribution in [0.2, 0.25) is 0 Å². The fraction of sp³-hybridized carbons (Fsp3) is 0.176. The molecule has 0 spiro atoms. The van der Waals surface area contributed by atoms with Gasteiger partial charge in [-0.3, -0.25) is 4.79 Å². The number of hydrogen-bond acceptors (Lipinski definition) is 4. The lowest BCUT2D eigenvalue weighted by atomic mass is 10.1. The van der Waals surface area contributed by atoms with Crippen LogP contribution < -0.4 is 5.32 Å². The van der Waals surface area contributed by atoms with Gasteiger partial charge in [0.1, 0.15) is 12.4 Å². The minimum Gasteiger partial charge on any atom is -0.324 e. The maximum atomic E-state index is 12.8. The molecule has 1 N–H and O–H groups in total. The van der Waals surface area contributed by atoms with Gasteiger partial charge in [0.25, 0.3) is 0 Å².